The van der Waals surface area contributed by atoms with Crippen LogP contribution in [0.5, 0.6) is 0 Å². The topological polar surface area (TPSA) is 224 Å². The summed E-state index contributed by atoms with van der Waals surface area (Å²) in [7, 11) is 0. The predicted octanol–water partition coefficient (Wildman–Crippen LogP) is 14.9. The maximum Gasteiger partial charge on any atom is 0.315 e. The average molecular weight is 1740 g/mol. The zero-order valence-electron chi connectivity index (χ0n) is 67.7. The second kappa shape index (κ2) is 48.1. The van der Waals surface area contributed by atoms with Crippen LogP contribution in [0.3, 0.4) is 0 Å². The van der Waals surface area contributed by atoms with E-state index in [2.05, 4.69) is 102 Å². The number of nitrogens with one attached hydrogen (secondary N) is 6. The van der Waals surface area contributed by atoms with Crippen LogP contribution in [-0.2, 0) is 37.0 Å². The molecule has 634 valence electrons. The highest BCUT2D eigenvalue weighted by Crippen LogP contribution is 2.30. The molecule has 0 unspecified atom stereocenters. The number of piperidine rings is 2. The Morgan fingerprint density at radius 1 is 0.462 bits per heavy atom. The van der Waals surface area contributed by atoms with E-state index in [1.165, 1.54) is 67.5 Å². The smallest absolute Gasteiger partial charge is 0.315 e. The molecule has 12 rings (SSSR count). The number of benzene rings is 6. The molecule has 0 bridgehead atoms. The van der Waals surface area contributed by atoms with E-state index in [9.17, 15) is 33.6 Å². The molecule has 28 heteroatoms. The highest BCUT2D eigenvalue weighted by molar-refractivity contribution is 6.42. The van der Waals surface area contributed by atoms with Gasteiger partial charge in [-0.15, -0.1) is 0 Å². The van der Waals surface area contributed by atoms with E-state index >= 15 is 0 Å². The van der Waals surface area contributed by atoms with Gasteiger partial charge in [-0.05, 0) is 192 Å². The van der Waals surface area contributed by atoms with Crippen molar-refractivity contribution in [3.05, 3.63) is 208 Å². The number of morpholine rings is 1. The maximum atomic E-state index is 14.0. The number of ether oxygens (including phenoxy) is 1. The molecule has 8 atom stereocenters. The molecule has 0 aliphatic carbocycles. The Hall–Kier alpha value is -6.64. The van der Waals surface area contributed by atoms with Crippen molar-refractivity contribution < 1.29 is 38.3 Å². The number of rotatable bonds is 29. The molecule has 21 nitrogen and oxygen atoms in total. The first kappa shape index (κ1) is 92.6. The molecule has 0 saturated carbocycles. The number of likely N-dealkylation sites (tertiary alicyclic amines) is 2. The van der Waals surface area contributed by atoms with Crippen molar-refractivity contribution in [1.29, 1.82) is 0 Å². The van der Waals surface area contributed by atoms with Crippen LogP contribution in [0.25, 0.3) is 0 Å². The summed E-state index contributed by atoms with van der Waals surface area (Å²) in [6.07, 6.45) is 13.6. The van der Waals surface area contributed by atoms with Crippen LogP contribution in [0.1, 0.15) is 165 Å². The minimum absolute atomic E-state index is 0.0302. The van der Waals surface area contributed by atoms with Crippen LogP contribution in [0.2, 0.25) is 35.2 Å². The van der Waals surface area contributed by atoms with E-state index in [0.29, 0.717) is 138 Å². The molecule has 0 aromatic heterocycles. The Morgan fingerprint density at radius 2 is 0.906 bits per heavy atom. The van der Waals surface area contributed by atoms with Gasteiger partial charge in [0.2, 0.25) is 23.6 Å². The van der Waals surface area contributed by atoms with Crippen molar-refractivity contribution in [1.82, 2.24) is 66.2 Å². The van der Waals surface area contributed by atoms with E-state index < -0.39 is 5.91 Å². The second-order valence-electron chi connectivity index (χ2n) is 31.5. The lowest BCUT2D eigenvalue weighted by Crippen LogP contribution is -2.51. The number of carbonyl (C=O) groups is 7. The molecule has 8 amide bonds. The van der Waals surface area contributed by atoms with E-state index in [1.54, 1.807) is 36.4 Å². The van der Waals surface area contributed by atoms with Gasteiger partial charge < -0.3 is 61.1 Å². The van der Waals surface area contributed by atoms with E-state index in [-0.39, 0.29) is 89.3 Å². The zero-order chi connectivity index (χ0) is 83.2. The standard InChI is InChI=1S/C32H42Cl2N4O3.C31H44ClN5O2.C26H30Cl4N4O3/c1-3-24(25-10-6-4-7-11-25)21-37-19-14-27(35-30(32(37)41)15-18-36-16-8-5-9-17-36)22-38(23(2)39)31(40)26-12-13-28(33)29(34)20-26;1-2-25(26-9-5-3-6-10-26)23-37-20-15-28(22-34-31(39)33-21-24-11-13-27(32)14-12-24)35-29(30(37)38)16-19-36-17-7-4-8-18-36;27-19-11-17(12-20(28)14-19)16-34-6-3-21(15-31-25(35)18-1-2-22(29)23(30)13-18)32-24(26(34)36)4-5-33-7-9-37-10-8-33/h4,6-7,10-13,20,24,27,30,35H,3,5,8-9,14-19,21-22H2,1-2H3;3,5-6,9-14,25,28-29,35H,2,4,7-8,15-23H2,1H3,(H2,33,34,39);1-2,11-14,21,24,32H,3-10,15-16H2,(H,31,35)/t24-,27+,30+;25-,28+,29+;21-,24-/m110/s1. The van der Waals surface area contributed by atoms with Crippen molar-refractivity contribution in [2.24, 2.45) is 0 Å². The predicted molar refractivity (Wildman–Crippen MR) is 470 cm³/mol. The van der Waals surface area contributed by atoms with Crippen molar-refractivity contribution in [3.63, 3.8) is 0 Å². The van der Waals surface area contributed by atoms with Crippen LogP contribution < -0.4 is 31.9 Å². The van der Waals surface area contributed by atoms with Gasteiger partial charge in [-0.25, -0.2) is 4.79 Å². The second-order valence-corrected chi connectivity index (χ2v) is 34.4. The lowest BCUT2D eigenvalue weighted by molar-refractivity contribution is -0.134. The van der Waals surface area contributed by atoms with Gasteiger partial charge in [0.15, 0.2) is 0 Å². The Bertz CT molecular complexity index is 4140. The van der Waals surface area contributed by atoms with Crippen LogP contribution in [0.4, 0.5) is 4.79 Å². The summed E-state index contributed by atoms with van der Waals surface area (Å²) in [6, 6.07) is 41.6. The summed E-state index contributed by atoms with van der Waals surface area (Å²) in [6.45, 7) is 20.8. The molecule has 6 N–H and O–H groups in total. The molecule has 6 aliphatic rings. The third kappa shape index (κ3) is 29.6. The number of halogens is 7. The molecule has 117 heavy (non-hydrogen) atoms. The van der Waals surface area contributed by atoms with Crippen LogP contribution in [0.15, 0.2) is 140 Å². The first-order chi connectivity index (χ1) is 56.6. The maximum absolute atomic E-state index is 14.0. The number of amides is 8. The summed E-state index contributed by atoms with van der Waals surface area (Å²) in [5.74, 6) is -0.148. The number of hydrogen-bond acceptors (Lipinski definition) is 14. The lowest BCUT2D eigenvalue weighted by atomic mass is 9.95. The number of hydrogen-bond donors (Lipinski definition) is 6. The monoisotopic (exact) mass is 1740 g/mol. The fourth-order valence-electron chi connectivity index (χ4n) is 16.2. The fourth-order valence-corrected chi connectivity index (χ4v) is 17.5. The minimum atomic E-state index is -0.426. The van der Waals surface area contributed by atoms with Crippen molar-refractivity contribution in [3.8, 4) is 0 Å². The molecule has 6 saturated heterocycles. The Morgan fingerprint density at radius 3 is 1.39 bits per heavy atom. The van der Waals surface area contributed by atoms with E-state index in [0.717, 1.165) is 102 Å². The summed E-state index contributed by atoms with van der Waals surface area (Å²) in [5.41, 5.74) is 5.12. The zero-order valence-corrected chi connectivity index (χ0v) is 73.0. The van der Waals surface area contributed by atoms with Gasteiger partial charge in [0.25, 0.3) is 11.8 Å². The quantitative estimate of drug-likeness (QED) is 0.0257. The summed E-state index contributed by atoms with van der Waals surface area (Å²) < 4.78 is 5.45. The van der Waals surface area contributed by atoms with Gasteiger partial charge in [-0.1, -0.05) is 181 Å². The molecule has 6 heterocycles. The van der Waals surface area contributed by atoms with Crippen LogP contribution in [-0.4, -0.2) is 236 Å². The lowest BCUT2D eigenvalue weighted by Gasteiger charge is -2.31. The van der Waals surface area contributed by atoms with Gasteiger partial charge in [0.1, 0.15) is 0 Å². The molecular formula is C89H116Cl7N13O8. The number of nitrogens with zero attached hydrogens (tertiary/aromatic N) is 7. The van der Waals surface area contributed by atoms with E-state index in [1.807, 2.05) is 70.5 Å². The molecule has 6 aromatic carbocycles. The molecular weight excluding hydrogens is 1630 g/mol. The highest BCUT2D eigenvalue weighted by atomic mass is 35.5. The Balaban J connectivity index is 0.000000185. The number of carbonyl (C=O) groups excluding carboxylic acids is 7. The van der Waals surface area contributed by atoms with E-state index in [4.69, 9.17) is 85.9 Å². The largest absolute Gasteiger partial charge is 0.379 e. The third-order valence-corrected chi connectivity index (χ3v) is 25.2. The Labute approximate surface area is 726 Å². The minimum Gasteiger partial charge on any atom is -0.379 e. The van der Waals surface area contributed by atoms with Gasteiger partial charge in [-0.2, -0.15) is 0 Å². The normalized spacial score (nSPS) is 21.1. The van der Waals surface area contributed by atoms with Crippen LogP contribution >= 0.6 is 81.2 Å². The highest BCUT2D eigenvalue weighted by Gasteiger charge is 2.38. The van der Waals surface area contributed by atoms with Crippen molar-refractivity contribution in [2.45, 2.75) is 172 Å². The van der Waals surface area contributed by atoms with Gasteiger partial charge in [-0.3, -0.25) is 38.6 Å². The van der Waals surface area contributed by atoms with Gasteiger partial charge in [0.05, 0.1) is 51.4 Å². The summed E-state index contributed by atoms with van der Waals surface area (Å²) >= 11 is 42.6. The first-order valence-corrected chi connectivity index (χ1v) is 44.4. The van der Waals surface area contributed by atoms with Crippen LogP contribution in [0, 0.1) is 0 Å². The fraction of sp³-hybridized carbons (Fsp3) is 0.517. The molecule has 6 aliphatic heterocycles. The summed E-state index contributed by atoms with van der Waals surface area (Å²) in [4.78, 5) is 107. The molecule has 6 aromatic rings. The SMILES string of the molecule is CC[C@H](CN1CC[C@@H](CN(C(C)=O)C(=O)c2ccc(Cl)c(Cl)c2)N[C@@H](CCN2CCCCC2)C1=O)c1ccccc1.CC[C@H](CN1CC[C@@H](CNC(=O)NCc2ccc(Cl)cc2)N[C@@H](CCN2CCCCC2)C1=O)c1ccccc1.O=C(NC[C@@H]1CCN(Cc2cc(Cl)cc(Cl)c2)C(=O)[C@H](CCN2CCOCC2)N1)c1ccc(Cl)c(Cl)c1. The van der Waals surface area contributed by atoms with Gasteiger partial charge >= 0.3 is 6.03 Å². The number of imide groups is 1. The summed E-state index contributed by atoms with van der Waals surface area (Å²) in [5, 5.41) is 22.7. The third-order valence-electron chi connectivity index (χ3n) is 23.1. The van der Waals surface area contributed by atoms with Crippen molar-refractivity contribution in [2.75, 3.05) is 124 Å². The molecule has 6 fully saturated rings. The van der Waals surface area contributed by atoms with Crippen molar-refractivity contribution >= 4 is 123 Å². The number of urea groups is 1. The average Bonchev–Trinajstić information content (AvgIpc) is 1.78. The first-order valence-electron chi connectivity index (χ1n) is 41.8. The molecule has 0 spiro atoms. The van der Waals surface area contributed by atoms with Gasteiger partial charge in [0, 0.05) is 161 Å². The molecule has 0 radical (unpaired) electrons. The Kier molecular flexibility index (Phi) is 38.1.